The molecule has 0 aliphatic carbocycles. The van der Waals surface area contributed by atoms with Gasteiger partial charge < -0.3 is 26.4 Å². The lowest BCUT2D eigenvalue weighted by Gasteiger charge is -2.29. The number of nitrogens with two attached hydrogens (primary N) is 1. The summed E-state index contributed by atoms with van der Waals surface area (Å²) in [6, 6.07) is 0. The van der Waals surface area contributed by atoms with E-state index in [1.54, 1.807) is 0 Å². The summed E-state index contributed by atoms with van der Waals surface area (Å²) in [5.74, 6) is -0.247. The number of nitrogens with one attached hydrogen (secondary N) is 1. The van der Waals surface area contributed by atoms with Crippen molar-refractivity contribution < 1.29 is 20.1 Å². The van der Waals surface area contributed by atoms with E-state index < -0.39 is 25.4 Å². The van der Waals surface area contributed by atoms with E-state index in [0.717, 1.165) is 6.42 Å². The van der Waals surface area contributed by atoms with E-state index in [9.17, 15) is 4.79 Å². The third-order valence-electron chi connectivity index (χ3n) is 2.70. The van der Waals surface area contributed by atoms with Gasteiger partial charge in [0, 0.05) is 6.42 Å². The highest BCUT2D eigenvalue weighted by molar-refractivity contribution is 5.77. The fourth-order valence-corrected chi connectivity index (χ4v) is 1.27. The summed E-state index contributed by atoms with van der Waals surface area (Å²) in [7, 11) is 0. The number of carbonyl (C=O) groups excluding carboxylic acids is 1. The van der Waals surface area contributed by atoms with Crippen LogP contribution in [0.5, 0.6) is 0 Å². The molecule has 0 aromatic rings. The molecular formula is C10H22N2O4. The van der Waals surface area contributed by atoms with Crippen LogP contribution in [0.2, 0.25) is 0 Å². The highest BCUT2D eigenvalue weighted by Crippen LogP contribution is 2.08. The van der Waals surface area contributed by atoms with Gasteiger partial charge >= 0.3 is 0 Å². The first-order chi connectivity index (χ1) is 7.57. The van der Waals surface area contributed by atoms with Gasteiger partial charge in [0.15, 0.2) is 0 Å². The van der Waals surface area contributed by atoms with Gasteiger partial charge in [0.25, 0.3) is 0 Å². The Bertz CT molecular complexity index is 195. The maximum atomic E-state index is 11.6. The lowest BCUT2D eigenvalue weighted by Crippen LogP contribution is -2.57. The Morgan fingerprint density at radius 1 is 1.31 bits per heavy atom. The zero-order valence-electron chi connectivity index (χ0n) is 9.65. The molecule has 0 fully saturated rings. The molecule has 0 rings (SSSR count). The van der Waals surface area contributed by atoms with Gasteiger partial charge in [0.2, 0.25) is 5.91 Å². The highest BCUT2D eigenvalue weighted by Gasteiger charge is 2.30. The number of hydrogen-bond acceptors (Lipinski definition) is 5. The Balaban J connectivity index is 4.30. The Kier molecular flexibility index (Phi) is 7.24. The van der Waals surface area contributed by atoms with Crippen LogP contribution in [0, 0.1) is 5.92 Å². The molecule has 6 N–H and O–H groups in total. The van der Waals surface area contributed by atoms with Crippen LogP contribution in [0.15, 0.2) is 0 Å². The van der Waals surface area contributed by atoms with Crippen molar-refractivity contribution in [3.8, 4) is 0 Å². The number of rotatable bonds is 8. The minimum absolute atomic E-state index is 0.0776. The third-order valence-corrected chi connectivity index (χ3v) is 2.70. The van der Waals surface area contributed by atoms with Gasteiger partial charge in [-0.1, -0.05) is 13.3 Å². The molecule has 0 aliphatic heterocycles. The van der Waals surface area contributed by atoms with Crippen LogP contribution in [0.3, 0.4) is 0 Å². The van der Waals surface area contributed by atoms with E-state index in [0.29, 0.717) is 6.54 Å². The first-order valence-corrected chi connectivity index (χ1v) is 5.41. The van der Waals surface area contributed by atoms with Gasteiger partial charge in [-0.25, -0.2) is 0 Å². The second-order valence-electron chi connectivity index (χ2n) is 4.02. The normalized spacial score (nSPS) is 13.6. The molecular weight excluding hydrogens is 212 g/mol. The lowest BCUT2D eigenvalue weighted by molar-refractivity contribution is -0.126. The highest BCUT2D eigenvalue weighted by atomic mass is 16.3. The predicted molar refractivity (Wildman–Crippen MR) is 59.6 cm³/mol. The molecule has 0 saturated heterocycles. The Hall–Kier alpha value is -0.690. The van der Waals surface area contributed by atoms with Crippen LogP contribution in [0.1, 0.15) is 19.8 Å². The molecule has 0 aromatic carbocycles. The molecule has 0 saturated carbocycles. The van der Waals surface area contributed by atoms with Crippen molar-refractivity contribution in [2.24, 2.45) is 11.7 Å². The van der Waals surface area contributed by atoms with Crippen molar-refractivity contribution in [1.29, 1.82) is 0 Å². The summed E-state index contributed by atoms with van der Waals surface area (Å²) >= 11 is 0. The lowest BCUT2D eigenvalue weighted by atomic mass is 9.99. The van der Waals surface area contributed by atoms with Crippen LogP contribution in [-0.4, -0.2) is 53.1 Å². The first kappa shape index (κ1) is 15.3. The fourth-order valence-electron chi connectivity index (χ4n) is 1.27. The Morgan fingerprint density at radius 2 is 1.81 bits per heavy atom. The maximum absolute atomic E-state index is 11.6. The standard InChI is InChI=1S/C10H22N2O4/c1-2-8(4-11)3-9(16)12-10(5-13,6-14)7-15/h8,13-15H,2-7,11H2,1H3,(H,12,16). The van der Waals surface area contributed by atoms with Crippen LogP contribution >= 0.6 is 0 Å². The minimum Gasteiger partial charge on any atom is -0.394 e. The van der Waals surface area contributed by atoms with Crippen molar-refractivity contribution in [2.45, 2.75) is 25.3 Å². The van der Waals surface area contributed by atoms with Crippen LogP contribution < -0.4 is 11.1 Å². The van der Waals surface area contributed by atoms with E-state index in [4.69, 9.17) is 21.1 Å². The molecule has 0 spiro atoms. The van der Waals surface area contributed by atoms with E-state index in [1.807, 2.05) is 6.92 Å². The van der Waals surface area contributed by atoms with Crippen LogP contribution in [0.25, 0.3) is 0 Å². The zero-order valence-corrected chi connectivity index (χ0v) is 9.65. The smallest absolute Gasteiger partial charge is 0.220 e. The molecule has 0 radical (unpaired) electrons. The number of carbonyl (C=O) groups is 1. The average Bonchev–Trinajstić information content (AvgIpc) is 2.33. The summed E-state index contributed by atoms with van der Waals surface area (Å²) < 4.78 is 0. The monoisotopic (exact) mass is 234 g/mol. The molecule has 0 bridgehead atoms. The number of amides is 1. The molecule has 16 heavy (non-hydrogen) atoms. The average molecular weight is 234 g/mol. The van der Waals surface area contributed by atoms with Gasteiger partial charge in [0.05, 0.1) is 19.8 Å². The molecule has 0 heterocycles. The van der Waals surface area contributed by atoms with Crippen molar-refractivity contribution in [3.05, 3.63) is 0 Å². The fraction of sp³-hybridized carbons (Fsp3) is 0.900. The molecule has 6 nitrogen and oxygen atoms in total. The van der Waals surface area contributed by atoms with Crippen molar-refractivity contribution in [3.63, 3.8) is 0 Å². The van der Waals surface area contributed by atoms with Crippen LogP contribution in [0.4, 0.5) is 0 Å². The van der Waals surface area contributed by atoms with Crippen molar-refractivity contribution >= 4 is 5.91 Å². The van der Waals surface area contributed by atoms with Gasteiger partial charge in [-0.2, -0.15) is 0 Å². The summed E-state index contributed by atoms with van der Waals surface area (Å²) in [5, 5.41) is 29.5. The van der Waals surface area contributed by atoms with Crippen molar-refractivity contribution in [2.75, 3.05) is 26.4 Å². The first-order valence-electron chi connectivity index (χ1n) is 5.41. The summed E-state index contributed by atoms with van der Waals surface area (Å²) in [4.78, 5) is 11.6. The second-order valence-corrected chi connectivity index (χ2v) is 4.02. The molecule has 6 heteroatoms. The second kappa shape index (κ2) is 7.56. The number of aliphatic hydroxyl groups excluding tert-OH is 3. The van der Waals surface area contributed by atoms with Crippen LogP contribution in [-0.2, 0) is 4.79 Å². The Morgan fingerprint density at radius 3 is 2.12 bits per heavy atom. The third kappa shape index (κ3) is 4.44. The van der Waals surface area contributed by atoms with E-state index in [1.165, 1.54) is 0 Å². The molecule has 1 amide bonds. The van der Waals surface area contributed by atoms with E-state index >= 15 is 0 Å². The topological polar surface area (TPSA) is 116 Å². The predicted octanol–water partition coefficient (Wildman–Crippen LogP) is -1.81. The van der Waals surface area contributed by atoms with Gasteiger partial charge in [0.1, 0.15) is 5.54 Å². The SMILES string of the molecule is CCC(CN)CC(=O)NC(CO)(CO)CO. The number of aliphatic hydroxyl groups is 3. The van der Waals surface area contributed by atoms with Crippen molar-refractivity contribution in [1.82, 2.24) is 5.32 Å². The van der Waals surface area contributed by atoms with E-state index in [2.05, 4.69) is 5.32 Å². The molecule has 0 aromatic heterocycles. The quantitative estimate of drug-likeness (QED) is 0.339. The van der Waals surface area contributed by atoms with Gasteiger partial charge in [-0.05, 0) is 12.5 Å². The molecule has 0 aliphatic rings. The summed E-state index contributed by atoms with van der Waals surface area (Å²) in [6.07, 6.45) is 1.02. The minimum atomic E-state index is -1.34. The van der Waals surface area contributed by atoms with Gasteiger partial charge in [-0.15, -0.1) is 0 Å². The molecule has 1 atom stereocenters. The zero-order chi connectivity index (χ0) is 12.6. The van der Waals surface area contributed by atoms with Gasteiger partial charge in [-0.3, -0.25) is 4.79 Å². The maximum Gasteiger partial charge on any atom is 0.220 e. The molecule has 96 valence electrons. The Labute approximate surface area is 95.5 Å². The summed E-state index contributed by atoms with van der Waals surface area (Å²) in [5.41, 5.74) is 4.12. The van der Waals surface area contributed by atoms with E-state index in [-0.39, 0.29) is 18.2 Å². The number of hydrogen-bond donors (Lipinski definition) is 5. The largest absolute Gasteiger partial charge is 0.394 e. The molecule has 1 unspecified atom stereocenters. The summed E-state index contributed by atoms with van der Waals surface area (Å²) in [6.45, 7) is 0.817.